The predicted octanol–water partition coefficient (Wildman–Crippen LogP) is 1.57. The molecule has 1 aromatic carbocycles. The van der Waals surface area contributed by atoms with Gasteiger partial charge in [-0.3, -0.25) is 0 Å². The molecule has 0 spiro atoms. The van der Waals surface area contributed by atoms with E-state index in [1.165, 1.54) is 12.7 Å². The fourth-order valence-corrected chi connectivity index (χ4v) is 1.98. The van der Waals surface area contributed by atoms with E-state index in [4.69, 9.17) is 9.47 Å². The van der Waals surface area contributed by atoms with Crippen molar-refractivity contribution in [3.8, 4) is 0 Å². The Kier molecular flexibility index (Phi) is 4.47. The zero-order valence-corrected chi connectivity index (χ0v) is 11.8. The number of aromatic nitrogens is 3. The fraction of sp³-hybridized carbons (Fsp3) is 0.357. The van der Waals surface area contributed by atoms with Gasteiger partial charge in [0.15, 0.2) is 5.69 Å². The summed E-state index contributed by atoms with van der Waals surface area (Å²) in [5.74, 6) is -0.507. The molecule has 0 bridgehead atoms. The molecule has 2 aromatic rings. The van der Waals surface area contributed by atoms with Crippen molar-refractivity contribution in [3.63, 3.8) is 0 Å². The van der Waals surface area contributed by atoms with Crippen LogP contribution in [0.5, 0.6) is 0 Å². The van der Waals surface area contributed by atoms with E-state index in [-0.39, 0.29) is 12.3 Å². The predicted molar refractivity (Wildman–Crippen MR) is 72.4 cm³/mol. The van der Waals surface area contributed by atoms with Gasteiger partial charge in [0.1, 0.15) is 0 Å². The molecule has 20 heavy (non-hydrogen) atoms. The lowest BCUT2D eigenvalue weighted by Gasteiger charge is -2.07. The topological polar surface area (TPSA) is 66.2 Å². The van der Waals surface area contributed by atoms with Gasteiger partial charge >= 0.3 is 5.97 Å². The number of carbonyl (C=O) groups is 1. The van der Waals surface area contributed by atoms with Crippen LogP contribution in [0.2, 0.25) is 0 Å². The summed E-state index contributed by atoms with van der Waals surface area (Å²) < 4.78 is 11.5. The van der Waals surface area contributed by atoms with Gasteiger partial charge in [0, 0.05) is 7.11 Å². The molecule has 6 nitrogen and oxygen atoms in total. The van der Waals surface area contributed by atoms with Gasteiger partial charge in [0.25, 0.3) is 0 Å². The second-order valence-corrected chi connectivity index (χ2v) is 4.46. The Morgan fingerprint density at radius 2 is 2.15 bits per heavy atom. The van der Waals surface area contributed by atoms with Gasteiger partial charge in [0.2, 0.25) is 0 Å². The van der Waals surface area contributed by atoms with Crippen LogP contribution in [0.1, 0.15) is 27.3 Å². The molecule has 1 aromatic heterocycles. The Morgan fingerprint density at radius 1 is 1.35 bits per heavy atom. The van der Waals surface area contributed by atoms with E-state index < -0.39 is 5.97 Å². The quantitative estimate of drug-likeness (QED) is 0.775. The maximum Gasteiger partial charge on any atom is 0.360 e. The lowest BCUT2D eigenvalue weighted by atomic mass is 10.1. The van der Waals surface area contributed by atoms with Gasteiger partial charge in [-0.25, -0.2) is 9.48 Å². The summed E-state index contributed by atoms with van der Waals surface area (Å²) >= 11 is 0. The molecule has 0 atom stereocenters. The zero-order chi connectivity index (χ0) is 14.5. The first-order valence-electron chi connectivity index (χ1n) is 6.21. The largest absolute Gasteiger partial charge is 0.464 e. The first kappa shape index (κ1) is 14.2. The third-order valence-electron chi connectivity index (χ3n) is 2.91. The SMILES string of the molecule is COCc1c(C(=O)OC)nnn1Cc1cccc(C)c1. The number of aryl methyl sites for hydroxylation is 1. The molecule has 6 heteroatoms. The molecule has 0 saturated carbocycles. The Labute approximate surface area is 117 Å². The van der Waals surface area contributed by atoms with Crippen LogP contribution in [0, 0.1) is 6.92 Å². The normalized spacial score (nSPS) is 10.6. The van der Waals surface area contributed by atoms with Crippen molar-refractivity contribution in [2.75, 3.05) is 14.2 Å². The minimum atomic E-state index is -0.507. The highest BCUT2D eigenvalue weighted by Gasteiger charge is 2.20. The molecular weight excluding hydrogens is 258 g/mol. The molecule has 0 saturated heterocycles. The van der Waals surface area contributed by atoms with Crippen molar-refractivity contribution in [1.29, 1.82) is 0 Å². The van der Waals surface area contributed by atoms with Crippen molar-refractivity contribution in [1.82, 2.24) is 15.0 Å². The highest BCUT2D eigenvalue weighted by atomic mass is 16.5. The number of carbonyl (C=O) groups excluding carboxylic acids is 1. The molecule has 106 valence electrons. The van der Waals surface area contributed by atoms with E-state index in [1.807, 2.05) is 25.1 Å². The maximum atomic E-state index is 11.6. The molecule has 0 aliphatic heterocycles. The summed E-state index contributed by atoms with van der Waals surface area (Å²) in [6.45, 7) is 2.81. The molecule has 0 fully saturated rings. The Balaban J connectivity index is 2.31. The number of nitrogens with zero attached hydrogens (tertiary/aromatic N) is 3. The number of methoxy groups -OCH3 is 2. The van der Waals surface area contributed by atoms with Gasteiger partial charge in [-0.1, -0.05) is 35.0 Å². The van der Waals surface area contributed by atoms with Crippen molar-refractivity contribution < 1.29 is 14.3 Å². The molecule has 0 aliphatic rings. The van der Waals surface area contributed by atoms with Crippen molar-refractivity contribution in [2.45, 2.75) is 20.1 Å². The van der Waals surface area contributed by atoms with E-state index in [9.17, 15) is 4.79 Å². The second kappa shape index (κ2) is 6.29. The van der Waals surface area contributed by atoms with E-state index >= 15 is 0 Å². The maximum absolute atomic E-state index is 11.6. The monoisotopic (exact) mass is 275 g/mol. The molecule has 0 amide bonds. The number of hydrogen-bond donors (Lipinski definition) is 0. The van der Waals surface area contributed by atoms with Crippen LogP contribution in [0.3, 0.4) is 0 Å². The molecular formula is C14H17N3O3. The fourth-order valence-electron chi connectivity index (χ4n) is 1.98. The van der Waals surface area contributed by atoms with Gasteiger partial charge in [-0.15, -0.1) is 5.10 Å². The van der Waals surface area contributed by atoms with Crippen LogP contribution in [-0.4, -0.2) is 35.2 Å². The number of rotatable bonds is 5. The van der Waals surface area contributed by atoms with Crippen molar-refractivity contribution in [2.24, 2.45) is 0 Å². The van der Waals surface area contributed by atoms with Crippen LogP contribution in [0.4, 0.5) is 0 Å². The number of hydrogen-bond acceptors (Lipinski definition) is 5. The van der Waals surface area contributed by atoms with E-state index in [0.29, 0.717) is 12.2 Å². The molecule has 0 unspecified atom stereocenters. The average Bonchev–Trinajstić information content (AvgIpc) is 2.82. The summed E-state index contributed by atoms with van der Waals surface area (Å²) in [5, 5.41) is 7.90. The summed E-state index contributed by atoms with van der Waals surface area (Å²) in [6, 6.07) is 8.08. The standard InChI is InChI=1S/C14H17N3O3/c1-10-5-4-6-11(7-10)8-17-12(9-19-2)13(15-16-17)14(18)20-3/h4-7H,8-9H2,1-3H3. The van der Waals surface area contributed by atoms with E-state index in [1.54, 1.807) is 11.8 Å². The molecule has 1 heterocycles. The van der Waals surface area contributed by atoms with Gasteiger partial charge in [-0.05, 0) is 12.5 Å². The van der Waals surface area contributed by atoms with E-state index in [0.717, 1.165) is 5.56 Å². The van der Waals surface area contributed by atoms with Crippen LogP contribution in [-0.2, 0) is 22.6 Å². The number of ether oxygens (including phenoxy) is 2. The number of benzene rings is 1. The zero-order valence-electron chi connectivity index (χ0n) is 11.8. The molecule has 2 rings (SSSR count). The number of esters is 1. The summed E-state index contributed by atoms with van der Waals surface area (Å²) in [6.07, 6.45) is 0. The minimum Gasteiger partial charge on any atom is -0.464 e. The van der Waals surface area contributed by atoms with Crippen molar-refractivity contribution in [3.05, 3.63) is 46.8 Å². The van der Waals surface area contributed by atoms with Gasteiger partial charge in [0.05, 0.1) is 26.0 Å². The Morgan fingerprint density at radius 3 is 2.80 bits per heavy atom. The second-order valence-electron chi connectivity index (χ2n) is 4.46. The van der Waals surface area contributed by atoms with Gasteiger partial charge in [-0.2, -0.15) is 0 Å². The third kappa shape index (κ3) is 3.03. The van der Waals surface area contributed by atoms with Gasteiger partial charge < -0.3 is 9.47 Å². The Hall–Kier alpha value is -2.21. The van der Waals surface area contributed by atoms with Crippen LogP contribution in [0.15, 0.2) is 24.3 Å². The highest BCUT2D eigenvalue weighted by molar-refractivity contribution is 5.88. The highest BCUT2D eigenvalue weighted by Crippen LogP contribution is 2.12. The summed E-state index contributed by atoms with van der Waals surface area (Å²) in [7, 11) is 2.88. The minimum absolute atomic E-state index is 0.196. The first-order chi connectivity index (χ1) is 9.65. The molecule has 0 radical (unpaired) electrons. The van der Waals surface area contributed by atoms with Crippen molar-refractivity contribution >= 4 is 5.97 Å². The third-order valence-corrected chi connectivity index (χ3v) is 2.91. The Bertz CT molecular complexity index is 607. The average molecular weight is 275 g/mol. The molecule has 0 N–H and O–H groups in total. The smallest absolute Gasteiger partial charge is 0.360 e. The lowest BCUT2D eigenvalue weighted by molar-refractivity contribution is 0.0588. The summed E-state index contributed by atoms with van der Waals surface area (Å²) in [4.78, 5) is 11.6. The van der Waals surface area contributed by atoms with Crippen LogP contribution in [0.25, 0.3) is 0 Å². The van der Waals surface area contributed by atoms with E-state index in [2.05, 4.69) is 16.4 Å². The lowest BCUT2D eigenvalue weighted by Crippen LogP contribution is -2.11. The molecule has 0 aliphatic carbocycles. The van der Waals surface area contributed by atoms with Crippen LogP contribution >= 0.6 is 0 Å². The first-order valence-corrected chi connectivity index (χ1v) is 6.21. The van der Waals surface area contributed by atoms with Crippen LogP contribution < -0.4 is 0 Å². The summed E-state index contributed by atoms with van der Waals surface area (Å²) in [5.41, 5.74) is 3.07.